The van der Waals surface area contributed by atoms with Crippen molar-refractivity contribution >= 4 is 0 Å². The van der Waals surface area contributed by atoms with E-state index in [2.05, 4.69) is 0 Å². The first-order valence-electron chi connectivity index (χ1n) is 4.40. The van der Waals surface area contributed by atoms with Crippen molar-refractivity contribution in [3.8, 4) is 0 Å². The Morgan fingerprint density at radius 3 is 2.23 bits per heavy atom. The Morgan fingerprint density at radius 2 is 1.85 bits per heavy atom. The third kappa shape index (κ3) is 2.08. The Hall–Kier alpha value is -0.420. The van der Waals surface area contributed by atoms with Gasteiger partial charge in [0.25, 0.3) is 0 Å². The third-order valence-corrected chi connectivity index (χ3v) is 2.01. The molecular weight excluding hydrogens is 172 g/mol. The quantitative estimate of drug-likeness (QED) is 0.614. The third-order valence-electron chi connectivity index (χ3n) is 2.01. The lowest BCUT2D eigenvalue weighted by Crippen LogP contribution is -2.47. The largest absolute Gasteiger partial charge is 0.390 e. The molecule has 1 saturated heterocycles. The van der Waals surface area contributed by atoms with Gasteiger partial charge in [-0.3, -0.25) is 0 Å². The number of hydrogen-bond donors (Lipinski definition) is 2. The maximum absolute atomic E-state index is 9.66. The number of allylic oxidation sites excluding steroid dienone is 1. The van der Waals surface area contributed by atoms with Crippen molar-refractivity contribution in [1.29, 1.82) is 0 Å². The molecule has 2 N–H and O–H groups in total. The van der Waals surface area contributed by atoms with Crippen molar-refractivity contribution in [2.45, 2.75) is 31.8 Å². The van der Waals surface area contributed by atoms with Gasteiger partial charge in [0.05, 0.1) is 19.3 Å². The van der Waals surface area contributed by atoms with Crippen LogP contribution in [0.3, 0.4) is 0 Å². The van der Waals surface area contributed by atoms with Crippen LogP contribution in [0.2, 0.25) is 0 Å². The van der Waals surface area contributed by atoms with Gasteiger partial charge in [-0.25, -0.2) is 0 Å². The summed E-state index contributed by atoms with van der Waals surface area (Å²) < 4.78 is 10.6. The predicted molar refractivity (Wildman–Crippen MR) is 47.1 cm³/mol. The van der Waals surface area contributed by atoms with Gasteiger partial charge < -0.3 is 19.7 Å². The van der Waals surface area contributed by atoms with E-state index in [1.54, 1.807) is 12.2 Å². The molecule has 4 heteroatoms. The molecule has 0 unspecified atom stereocenters. The van der Waals surface area contributed by atoms with Gasteiger partial charge in [-0.2, -0.15) is 0 Å². The zero-order valence-electron chi connectivity index (χ0n) is 7.93. The summed E-state index contributed by atoms with van der Waals surface area (Å²) in [4.78, 5) is 0. The van der Waals surface area contributed by atoms with Crippen molar-refractivity contribution in [2.75, 3.05) is 13.2 Å². The van der Waals surface area contributed by atoms with E-state index >= 15 is 0 Å². The lowest BCUT2D eigenvalue weighted by Gasteiger charge is -2.30. The van der Waals surface area contributed by atoms with Gasteiger partial charge in [-0.1, -0.05) is 6.08 Å². The molecule has 1 aliphatic heterocycles. The molecule has 4 nitrogen and oxygen atoms in total. The van der Waals surface area contributed by atoms with Crippen LogP contribution in [-0.2, 0) is 9.47 Å². The summed E-state index contributed by atoms with van der Waals surface area (Å²) in [7, 11) is 0. The van der Waals surface area contributed by atoms with Gasteiger partial charge in [0, 0.05) is 0 Å². The number of aliphatic hydroxyl groups is 2. The molecule has 1 fully saturated rings. The number of hydrogen-bond acceptors (Lipinski definition) is 4. The Labute approximate surface area is 77.8 Å². The molecule has 0 radical (unpaired) electrons. The molecule has 76 valence electrons. The molecule has 0 aromatic carbocycles. The molecule has 0 saturated carbocycles. The summed E-state index contributed by atoms with van der Waals surface area (Å²) in [6.07, 6.45) is 1.43. The van der Waals surface area contributed by atoms with E-state index in [4.69, 9.17) is 9.47 Å². The van der Waals surface area contributed by atoms with Crippen LogP contribution in [0.5, 0.6) is 0 Å². The molecule has 1 aliphatic rings. The summed E-state index contributed by atoms with van der Waals surface area (Å²) >= 11 is 0. The Bertz CT molecular complexity index is 182. The minimum Gasteiger partial charge on any atom is -0.390 e. The average Bonchev–Trinajstić information content (AvgIpc) is 2.53. The van der Waals surface area contributed by atoms with Crippen molar-refractivity contribution < 1.29 is 19.7 Å². The Balaban J connectivity index is 2.77. The van der Waals surface area contributed by atoms with E-state index in [-0.39, 0.29) is 0 Å². The molecule has 0 aromatic rings. The van der Waals surface area contributed by atoms with E-state index < -0.39 is 18.0 Å². The van der Waals surface area contributed by atoms with Crippen LogP contribution < -0.4 is 0 Å². The number of aliphatic hydroxyl groups excluding tert-OH is 2. The molecular formula is C9H16O4. The fourth-order valence-corrected chi connectivity index (χ4v) is 1.38. The van der Waals surface area contributed by atoms with Crippen molar-refractivity contribution in [3.05, 3.63) is 12.2 Å². The van der Waals surface area contributed by atoms with Crippen molar-refractivity contribution in [1.82, 2.24) is 0 Å². The zero-order chi connectivity index (χ0) is 9.90. The zero-order valence-corrected chi connectivity index (χ0v) is 7.93. The van der Waals surface area contributed by atoms with Gasteiger partial charge >= 0.3 is 0 Å². The van der Waals surface area contributed by atoms with E-state index in [0.717, 1.165) is 0 Å². The second-order valence-corrected chi connectivity index (χ2v) is 3.10. The molecule has 2 atom stereocenters. The highest BCUT2D eigenvalue weighted by molar-refractivity contribution is 5.02. The van der Waals surface area contributed by atoms with E-state index in [1.165, 1.54) is 6.92 Å². The smallest absolute Gasteiger partial charge is 0.217 e. The lowest BCUT2D eigenvalue weighted by molar-refractivity contribution is -0.208. The van der Waals surface area contributed by atoms with Crippen molar-refractivity contribution in [2.24, 2.45) is 0 Å². The SMILES string of the molecule is C/C=C/C1([C@@H](O)[C@@H](C)O)OCCO1. The van der Waals surface area contributed by atoms with Crippen LogP contribution in [0.15, 0.2) is 12.2 Å². The van der Waals surface area contributed by atoms with Crippen LogP contribution in [-0.4, -0.2) is 41.4 Å². The van der Waals surface area contributed by atoms with Crippen molar-refractivity contribution in [3.63, 3.8) is 0 Å². The fourth-order valence-electron chi connectivity index (χ4n) is 1.38. The molecule has 1 heterocycles. The second kappa shape index (κ2) is 4.19. The van der Waals surface area contributed by atoms with Crippen LogP contribution in [0.25, 0.3) is 0 Å². The minimum absolute atomic E-state index is 0.439. The van der Waals surface area contributed by atoms with Gasteiger partial charge in [0.15, 0.2) is 0 Å². The topological polar surface area (TPSA) is 58.9 Å². The maximum atomic E-state index is 9.66. The normalized spacial score (nSPS) is 26.5. The highest BCUT2D eigenvalue weighted by Gasteiger charge is 2.43. The van der Waals surface area contributed by atoms with Gasteiger partial charge in [-0.05, 0) is 19.9 Å². The fraction of sp³-hybridized carbons (Fsp3) is 0.778. The van der Waals surface area contributed by atoms with Crippen LogP contribution in [0, 0.1) is 0 Å². The van der Waals surface area contributed by atoms with Gasteiger partial charge in [0.1, 0.15) is 6.10 Å². The summed E-state index contributed by atoms with van der Waals surface area (Å²) in [5.74, 6) is -1.15. The Morgan fingerprint density at radius 1 is 1.31 bits per heavy atom. The number of ether oxygens (including phenoxy) is 2. The van der Waals surface area contributed by atoms with Crippen LogP contribution in [0.4, 0.5) is 0 Å². The van der Waals surface area contributed by atoms with Crippen LogP contribution >= 0.6 is 0 Å². The standard InChI is InChI=1S/C9H16O4/c1-3-4-9(8(11)7(2)10)12-5-6-13-9/h3-4,7-8,10-11H,5-6H2,1-2H3/b4-3+/t7-,8+/m1/s1. The maximum Gasteiger partial charge on any atom is 0.217 e. The minimum atomic E-state index is -1.15. The highest BCUT2D eigenvalue weighted by atomic mass is 16.7. The van der Waals surface area contributed by atoms with Gasteiger partial charge in [0.2, 0.25) is 5.79 Å². The number of rotatable bonds is 3. The summed E-state index contributed by atoms with van der Waals surface area (Å²) in [5.41, 5.74) is 0. The van der Waals surface area contributed by atoms with E-state index in [9.17, 15) is 10.2 Å². The first-order chi connectivity index (χ1) is 6.12. The summed E-state index contributed by atoms with van der Waals surface area (Å²) in [6, 6.07) is 0. The van der Waals surface area contributed by atoms with E-state index in [0.29, 0.717) is 13.2 Å². The molecule has 13 heavy (non-hydrogen) atoms. The molecule has 0 aliphatic carbocycles. The van der Waals surface area contributed by atoms with Crippen LogP contribution in [0.1, 0.15) is 13.8 Å². The molecule has 0 amide bonds. The molecule has 0 spiro atoms. The molecule has 0 bridgehead atoms. The van der Waals surface area contributed by atoms with E-state index in [1.807, 2.05) is 6.92 Å². The summed E-state index contributed by atoms with van der Waals surface area (Å²) in [6.45, 7) is 4.19. The Kier molecular flexibility index (Phi) is 3.44. The molecule has 0 aromatic heterocycles. The average molecular weight is 188 g/mol. The van der Waals surface area contributed by atoms with Gasteiger partial charge in [-0.15, -0.1) is 0 Å². The second-order valence-electron chi connectivity index (χ2n) is 3.10. The first kappa shape index (κ1) is 10.7. The predicted octanol–water partition coefficient (Wildman–Crippen LogP) is 0.0473. The summed E-state index contributed by atoms with van der Waals surface area (Å²) in [5, 5.41) is 18.9. The first-order valence-corrected chi connectivity index (χ1v) is 4.40. The lowest BCUT2D eigenvalue weighted by atomic mass is 10.1. The monoisotopic (exact) mass is 188 g/mol. The highest BCUT2D eigenvalue weighted by Crippen LogP contribution is 2.27. The molecule has 1 rings (SSSR count).